The zero-order chi connectivity index (χ0) is 10.8. The summed E-state index contributed by atoms with van der Waals surface area (Å²) in [6.45, 7) is 4.40. The summed E-state index contributed by atoms with van der Waals surface area (Å²) in [4.78, 5) is 11.1. The van der Waals surface area contributed by atoms with Crippen molar-refractivity contribution in [3.05, 3.63) is 0 Å². The van der Waals surface area contributed by atoms with Gasteiger partial charge in [-0.1, -0.05) is 33.1 Å². The second-order valence-corrected chi connectivity index (χ2v) is 3.78. The number of hydrogen-bond donors (Lipinski definition) is 1. The van der Waals surface area contributed by atoms with Crippen LogP contribution in [0.1, 0.15) is 46.0 Å². The number of carbonyl (C=O) groups is 1. The van der Waals surface area contributed by atoms with Crippen LogP contribution in [0, 0.1) is 5.92 Å². The maximum atomic E-state index is 11.1. The van der Waals surface area contributed by atoms with Gasteiger partial charge >= 0.3 is 5.97 Å². The third kappa shape index (κ3) is 8.05. The maximum Gasteiger partial charge on any atom is 0.305 e. The first-order valence-corrected chi connectivity index (χ1v) is 5.47. The second-order valence-electron chi connectivity index (χ2n) is 3.78. The highest BCUT2D eigenvalue weighted by molar-refractivity contribution is 5.69. The van der Waals surface area contributed by atoms with Crippen LogP contribution >= 0.6 is 0 Å². The molecule has 0 aliphatic rings. The molecule has 0 aliphatic heterocycles. The molecule has 1 N–H and O–H groups in total. The van der Waals surface area contributed by atoms with Crippen molar-refractivity contribution in [3.8, 4) is 0 Å². The predicted molar refractivity (Wildman–Crippen MR) is 56.0 cm³/mol. The van der Waals surface area contributed by atoms with E-state index in [1.165, 1.54) is 12.8 Å². The van der Waals surface area contributed by atoms with Gasteiger partial charge in [0.1, 0.15) is 0 Å². The number of unbranched alkanes of at least 4 members (excludes halogenated alkanes) is 3. The molecule has 0 heterocycles. The van der Waals surface area contributed by atoms with E-state index in [4.69, 9.17) is 9.84 Å². The maximum absolute atomic E-state index is 11.1. The highest BCUT2D eigenvalue weighted by Crippen LogP contribution is 2.04. The van der Waals surface area contributed by atoms with Crippen LogP contribution in [0.25, 0.3) is 0 Å². The van der Waals surface area contributed by atoms with Gasteiger partial charge in [-0.2, -0.15) is 0 Å². The van der Waals surface area contributed by atoms with Gasteiger partial charge < -0.3 is 9.84 Å². The number of ether oxygens (including phenoxy) is 1. The predicted octanol–water partition coefficient (Wildman–Crippen LogP) is 2.13. The van der Waals surface area contributed by atoms with Gasteiger partial charge in [-0.3, -0.25) is 4.79 Å². The number of aliphatic hydroxyl groups is 1. The zero-order valence-electron chi connectivity index (χ0n) is 9.29. The largest absolute Gasteiger partial charge is 0.465 e. The van der Waals surface area contributed by atoms with Gasteiger partial charge in [-0.25, -0.2) is 0 Å². The van der Waals surface area contributed by atoms with Gasteiger partial charge in [0.25, 0.3) is 0 Å². The third-order valence-corrected chi connectivity index (χ3v) is 2.07. The summed E-state index contributed by atoms with van der Waals surface area (Å²) in [5, 5.41) is 8.70. The molecule has 0 saturated heterocycles. The Kier molecular flexibility index (Phi) is 8.64. The Morgan fingerprint density at radius 1 is 1.36 bits per heavy atom. The lowest BCUT2D eigenvalue weighted by Crippen LogP contribution is -2.14. The number of aliphatic hydroxyl groups excluding tert-OH is 1. The first-order valence-electron chi connectivity index (χ1n) is 5.47. The van der Waals surface area contributed by atoms with Crippen LogP contribution in [0.3, 0.4) is 0 Å². The Bertz CT molecular complexity index is 145. The molecule has 14 heavy (non-hydrogen) atoms. The fraction of sp³-hybridized carbons (Fsp3) is 0.909. The molecule has 3 nitrogen and oxygen atoms in total. The highest BCUT2D eigenvalue weighted by atomic mass is 16.5. The normalized spacial score (nSPS) is 12.5. The smallest absolute Gasteiger partial charge is 0.305 e. The first-order chi connectivity index (χ1) is 6.70. The lowest BCUT2D eigenvalue weighted by Gasteiger charge is -2.08. The van der Waals surface area contributed by atoms with Crippen molar-refractivity contribution in [1.29, 1.82) is 0 Å². The van der Waals surface area contributed by atoms with E-state index < -0.39 is 0 Å². The van der Waals surface area contributed by atoms with E-state index in [2.05, 4.69) is 6.92 Å². The number of esters is 1. The molecule has 84 valence electrons. The van der Waals surface area contributed by atoms with E-state index >= 15 is 0 Å². The van der Waals surface area contributed by atoms with Crippen molar-refractivity contribution in [2.45, 2.75) is 46.0 Å². The van der Waals surface area contributed by atoms with Crippen LogP contribution in [0.5, 0.6) is 0 Å². The minimum Gasteiger partial charge on any atom is -0.465 e. The summed E-state index contributed by atoms with van der Waals surface area (Å²) in [5.74, 6) is -0.0870. The summed E-state index contributed by atoms with van der Waals surface area (Å²) in [5.41, 5.74) is 0. The van der Waals surface area contributed by atoms with Crippen LogP contribution in [-0.4, -0.2) is 24.3 Å². The summed E-state index contributed by atoms with van der Waals surface area (Å²) in [6.07, 6.45) is 4.89. The summed E-state index contributed by atoms with van der Waals surface area (Å²) >= 11 is 0. The molecule has 0 saturated carbocycles. The minimum atomic E-state index is -0.138. The molecule has 1 unspecified atom stereocenters. The van der Waals surface area contributed by atoms with Crippen molar-refractivity contribution >= 4 is 5.97 Å². The Hall–Kier alpha value is -0.570. The molecular formula is C11H22O3. The molecule has 0 fully saturated rings. The quantitative estimate of drug-likeness (QED) is 0.484. The van der Waals surface area contributed by atoms with E-state index in [-0.39, 0.29) is 18.5 Å². The standard InChI is InChI=1S/C11H22O3/c1-3-4-5-6-7-11(13)14-9-10(2)8-12/h10,12H,3-9H2,1-2H3. The van der Waals surface area contributed by atoms with E-state index in [1.54, 1.807) is 0 Å². The molecule has 0 spiro atoms. The molecule has 0 aromatic carbocycles. The molecule has 0 amide bonds. The van der Waals surface area contributed by atoms with Crippen LogP contribution < -0.4 is 0 Å². The van der Waals surface area contributed by atoms with E-state index in [1.807, 2.05) is 6.92 Å². The average molecular weight is 202 g/mol. The van der Waals surface area contributed by atoms with E-state index in [0.29, 0.717) is 13.0 Å². The summed E-state index contributed by atoms with van der Waals surface area (Å²) in [6, 6.07) is 0. The van der Waals surface area contributed by atoms with E-state index in [0.717, 1.165) is 12.8 Å². The zero-order valence-corrected chi connectivity index (χ0v) is 9.29. The topological polar surface area (TPSA) is 46.5 Å². The Balaban J connectivity index is 3.28. The summed E-state index contributed by atoms with van der Waals surface area (Å²) in [7, 11) is 0. The van der Waals surface area contributed by atoms with Crippen LogP contribution in [0.15, 0.2) is 0 Å². The Morgan fingerprint density at radius 2 is 2.07 bits per heavy atom. The monoisotopic (exact) mass is 202 g/mol. The Labute approximate surface area is 86.5 Å². The minimum absolute atomic E-state index is 0.0505. The molecule has 1 atom stereocenters. The van der Waals surface area contributed by atoms with Crippen LogP contribution in [-0.2, 0) is 9.53 Å². The van der Waals surface area contributed by atoms with Gasteiger partial charge in [-0.05, 0) is 6.42 Å². The molecule has 3 heteroatoms. The van der Waals surface area contributed by atoms with Gasteiger partial charge in [0.15, 0.2) is 0 Å². The molecule has 0 aliphatic carbocycles. The third-order valence-electron chi connectivity index (χ3n) is 2.07. The van der Waals surface area contributed by atoms with Crippen LogP contribution in [0.4, 0.5) is 0 Å². The van der Waals surface area contributed by atoms with Crippen LogP contribution in [0.2, 0.25) is 0 Å². The SMILES string of the molecule is CCCCCCC(=O)OCC(C)CO. The number of rotatable bonds is 8. The highest BCUT2D eigenvalue weighted by Gasteiger charge is 2.05. The fourth-order valence-corrected chi connectivity index (χ4v) is 1.06. The second kappa shape index (κ2) is 9.00. The summed E-state index contributed by atoms with van der Waals surface area (Å²) < 4.78 is 4.98. The number of hydrogen-bond acceptors (Lipinski definition) is 3. The lowest BCUT2D eigenvalue weighted by atomic mass is 10.1. The molecular weight excluding hydrogens is 180 g/mol. The van der Waals surface area contributed by atoms with Crippen molar-refractivity contribution in [2.24, 2.45) is 5.92 Å². The lowest BCUT2D eigenvalue weighted by molar-refractivity contribution is -0.145. The fourth-order valence-electron chi connectivity index (χ4n) is 1.06. The molecule has 0 radical (unpaired) electrons. The van der Waals surface area contributed by atoms with Crippen molar-refractivity contribution in [3.63, 3.8) is 0 Å². The molecule has 0 aromatic rings. The first kappa shape index (κ1) is 13.4. The van der Waals surface area contributed by atoms with E-state index in [9.17, 15) is 4.79 Å². The van der Waals surface area contributed by atoms with Gasteiger partial charge in [0.05, 0.1) is 6.61 Å². The molecule has 0 bridgehead atoms. The average Bonchev–Trinajstić information content (AvgIpc) is 2.21. The number of carbonyl (C=O) groups excluding carboxylic acids is 1. The van der Waals surface area contributed by atoms with Gasteiger partial charge in [0, 0.05) is 18.9 Å². The van der Waals surface area contributed by atoms with Gasteiger partial charge in [-0.15, -0.1) is 0 Å². The molecule has 0 rings (SSSR count). The van der Waals surface area contributed by atoms with Crippen molar-refractivity contribution < 1.29 is 14.6 Å². The van der Waals surface area contributed by atoms with Crippen molar-refractivity contribution in [2.75, 3.05) is 13.2 Å². The Morgan fingerprint density at radius 3 is 2.64 bits per heavy atom. The van der Waals surface area contributed by atoms with Gasteiger partial charge in [0.2, 0.25) is 0 Å². The van der Waals surface area contributed by atoms with Crippen molar-refractivity contribution in [1.82, 2.24) is 0 Å². The molecule has 0 aromatic heterocycles.